The van der Waals surface area contributed by atoms with Gasteiger partial charge in [0.15, 0.2) is 0 Å². The summed E-state index contributed by atoms with van der Waals surface area (Å²) < 4.78 is 35.5. The normalized spacial score (nSPS) is 11.6. The average Bonchev–Trinajstić information content (AvgIpc) is 2.09. The number of alkyl halides is 3. The highest BCUT2D eigenvalue weighted by Crippen LogP contribution is 2.29. The highest BCUT2D eigenvalue weighted by atomic mass is 32.2. The molecule has 0 aromatic heterocycles. The van der Waals surface area contributed by atoms with Gasteiger partial charge in [-0.15, -0.1) is 0 Å². The first-order valence-electron chi connectivity index (χ1n) is 4.90. The zero-order chi connectivity index (χ0) is 12.2. The molecule has 0 fully saturated rings. The van der Waals surface area contributed by atoms with Gasteiger partial charge >= 0.3 is 5.51 Å². The molecule has 1 nitrogen and oxygen atoms in total. The molecule has 90 valence electrons. The number of halogens is 3. The molecule has 0 radical (unpaired) electrons. The quantitative estimate of drug-likeness (QED) is 0.810. The Morgan fingerprint density at radius 1 is 1.12 bits per heavy atom. The summed E-state index contributed by atoms with van der Waals surface area (Å²) in [5.74, 6) is 0.0243. The van der Waals surface area contributed by atoms with Gasteiger partial charge in [0.2, 0.25) is 0 Å². The van der Waals surface area contributed by atoms with Crippen molar-refractivity contribution < 1.29 is 13.2 Å². The van der Waals surface area contributed by atoms with Crippen LogP contribution >= 0.6 is 11.8 Å². The van der Waals surface area contributed by atoms with Crippen molar-refractivity contribution in [3.05, 3.63) is 29.3 Å². The summed E-state index contributed by atoms with van der Waals surface area (Å²) in [5, 5.41) is 2.98. The summed E-state index contributed by atoms with van der Waals surface area (Å²) in [6.07, 6.45) is 0. The summed E-state index contributed by atoms with van der Waals surface area (Å²) in [6, 6.07) is 5.87. The van der Waals surface area contributed by atoms with Crippen LogP contribution < -0.4 is 5.32 Å². The maximum Gasteiger partial charge on any atom is 0.441 e. The molecule has 0 aliphatic heterocycles. The highest BCUT2D eigenvalue weighted by molar-refractivity contribution is 8.00. The van der Waals surface area contributed by atoms with E-state index in [0.29, 0.717) is 6.54 Å². The second-order valence-corrected chi connectivity index (χ2v) is 4.76. The van der Waals surface area contributed by atoms with Crippen LogP contribution in [0.2, 0.25) is 0 Å². The standard InChI is InChI=1S/C11H14F3NS/c1-8-5-9(2)7-10(6-8)15-3-4-16-11(12,13)14/h5-7,15H,3-4H2,1-2H3. The topological polar surface area (TPSA) is 12.0 Å². The molecule has 1 rings (SSSR count). The van der Waals surface area contributed by atoms with E-state index in [1.165, 1.54) is 0 Å². The molecule has 0 aliphatic rings. The van der Waals surface area contributed by atoms with E-state index >= 15 is 0 Å². The van der Waals surface area contributed by atoms with Gasteiger partial charge in [0.1, 0.15) is 0 Å². The molecule has 1 aromatic rings. The second kappa shape index (κ2) is 5.48. The minimum atomic E-state index is -4.13. The van der Waals surface area contributed by atoms with Crippen molar-refractivity contribution in [3.63, 3.8) is 0 Å². The molecule has 0 unspecified atom stereocenters. The van der Waals surface area contributed by atoms with Crippen LogP contribution in [0.1, 0.15) is 11.1 Å². The van der Waals surface area contributed by atoms with Crippen molar-refractivity contribution in [2.45, 2.75) is 19.4 Å². The van der Waals surface area contributed by atoms with E-state index in [-0.39, 0.29) is 17.5 Å². The highest BCUT2D eigenvalue weighted by Gasteiger charge is 2.27. The van der Waals surface area contributed by atoms with Gasteiger partial charge < -0.3 is 5.32 Å². The van der Waals surface area contributed by atoms with Crippen molar-refractivity contribution >= 4 is 17.4 Å². The largest absolute Gasteiger partial charge is 0.441 e. The Labute approximate surface area is 97.4 Å². The first-order valence-corrected chi connectivity index (χ1v) is 5.88. The summed E-state index contributed by atoms with van der Waals surface area (Å²) in [6.45, 7) is 4.23. The Hall–Kier alpha value is -0.840. The zero-order valence-corrected chi connectivity index (χ0v) is 10.0. The first-order chi connectivity index (χ1) is 7.37. The number of aryl methyl sites for hydroxylation is 2. The first kappa shape index (κ1) is 13.2. The number of hydrogen-bond acceptors (Lipinski definition) is 2. The summed E-state index contributed by atoms with van der Waals surface area (Å²) in [5.41, 5.74) is -1.05. The Morgan fingerprint density at radius 3 is 2.19 bits per heavy atom. The average molecular weight is 249 g/mol. The Bertz CT molecular complexity index is 329. The van der Waals surface area contributed by atoms with Crippen LogP contribution in [-0.2, 0) is 0 Å². The third-order valence-electron chi connectivity index (χ3n) is 1.92. The van der Waals surface area contributed by atoms with E-state index in [1.54, 1.807) is 0 Å². The minimum Gasteiger partial charge on any atom is -0.384 e. The Balaban J connectivity index is 2.37. The van der Waals surface area contributed by atoms with Gasteiger partial charge in [-0.1, -0.05) is 6.07 Å². The lowest BCUT2D eigenvalue weighted by atomic mass is 10.1. The van der Waals surface area contributed by atoms with Crippen LogP contribution in [0.3, 0.4) is 0 Å². The SMILES string of the molecule is Cc1cc(C)cc(NCCSC(F)(F)F)c1. The molecule has 0 spiro atoms. The monoisotopic (exact) mass is 249 g/mol. The molecule has 16 heavy (non-hydrogen) atoms. The molecule has 1 aromatic carbocycles. The van der Waals surface area contributed by atoms with Crippen molar-refractivity contribution in [3.8, 4) is 0 Å². The molecule has 0 aliphatic carbocycles. The van der Waals surface area contributed by atoms with Crippen molar-refractivity contribution in [1.29, 1.82) is 0 Å². The van der Waals surface area contributed by atoms with Crippen molar-refractivity contribution in [2.24, 2.45) is 0 Å². The maximum absolute atomic E-state index is 11.8. The summed E-state index contributed by atoms with van der Waals surface area (Å²) >= 11 is -0.00129. The minimum absolute atomic E-state index is 0.00129. The fourth-order valence-electron chi connectivity index (χ4n) is 1.44. The van der Waals surface area contributed by atoms with Gasteiger partial charge in [0.25, 0.3) is 0 Å². The fraction of sp³-hybridized carbons (Fsp3) is 0.455. The van der Waals surface area contributed by atoms with Crippen molar-refractivity contribution in [1.82, 2.24) is 0 Å². The van der Waals surface area contributed by atoms with Gasteiger partial charge in [0.05, 0.1) is 0 Å². The predicted octanol–water partition coefficient (Wildman–Crippen LogP) is 3.97. The fourth-order valence-corrected chi connectivity index (χ4v) is 1.87. The van der Waals surface area contributed by atoms with Gasteiger partial charge in [-0.25, -0.2) is 0 Å². The molecule has 0 amide bonds. The lowest BCUT2D eigenvalue weighted by molar-refractivity contribution is -0.0327. The molecule has 0 saturated heterocycles. The van der Waals surface area contributed by atoms with E-state index < -0.39 is 5.51 Å². The number of thioether (sulfide) groups is 1. The van der Waals surface area contributed by atoms with Gasteiger partial charge in [0, 0.05) is 18.0 Å². The van der Waals surface area contributed by atoms with Crippen LogP contribution in [0.15, 0.2) is 18.2 Å². The molecular formula is C11H14F3NS. The van der Waals surface area contributed by atoms with E-state index in [0.717, 1.165) is 16.8 Å². The summed E-state index contributed by atoms with van der Waals surface area (Å²) in [4.78, 5) is 0. The number of rotatable bonds is 4. The number of hydrogen-bond donors (Lipinski definition) is 1. The van der Waals surface area contributed by atoms with Crippen LogP contribution in [-0.4, -0.2) is 17.8 Å². The van der Waals surface area contributed by atoms with Gasteiger partial charge in [-0.05, 0) is 48.9 Å². The van der Waals surface area contributed by atoms with Crippen LogP contribution in [0, 0.1) is 13.8 Å². The van der Waals surface area contributed by atoms with E-state index in [2.05, 4.69) is 5.32 Å². The van der Waals surface area contributed by atoms with Crippen LogP contribution in [0.25, 0.3) is 0 Å². The van der Waals surface area contributed by atoms with Gasteiger partial charge in [-0.3, -0.25) is 0 Å². The molecule has 0 saturated carbocycles. The van der Waals surface area contributed by atoms with Crippen molar-refractivity contribution in [2.75, 3.05) is 17.6 Å². The molecule has 0 atom stereocenters. The number of anilines is 1. The van der Waals surface area contributed by atoms with Crippen LogP contribution in [0.4, 0.5) is 18.9 Å². The molecule has 0 bridgehead atoms. The van der Waals surface area contributed by atoms with E-state index in [1.807, 2.05) is 32.0 Å². The predicted molar refractivity (Wildman–Crippen MR) is 62.9 cm³/mol. The lowest BCUT2D eigenvalue weighted by Gasteiger charge is -2.09. The number of nitrogens with one attached hydrogen (secondary N) is 1. The lowest BCUT2D eigenvalue weighted by Crippen LogP contribution is -2.09. The zero-order valence-electron chi connectivity index (χ0n) is 9.19. The second-order valence-electron chi connectivity index (χ2n) is 3.60. The maximum atomic E-state index is 11.8. The molecular weight excluding hydrogens is 235 g/mol. The van der Waals surface area contributed by atoms with E-state index in [9.17, 15) is 13.2 Å². The smallest absolute Gasteiger partial charge is 0.384 e. The third-order valence-corrected chi connectivity index (χ3v) is 2.65. The number of benzene rings is 1. The van der Waals surface area contributed by atoms with Crippen LogP contribution in [0.5, 0.6) is 0 Å². The summed E-state index contributed by atoms with van der Waals surface area (Å²) in [7, 11) is 0. The van der Waals surface area contributed by atoms with E-state index in [4.69, 9.17) is 0 Å². The molecule has 1 N–H and O–H groups in total. The third kappa shape index (κ3) is 5.30. The Kier molecular flexibility index (Phi) is 4.53. The molecule has 5 heteroatoms. The molecule has 0 heterocycles. The van der Waals surface area contributed by atoms with Gasteiger partial charge in [-0.2, -0.15) is 13.2 Å². The Morgan fingerprint density at radius 2 is 1.69 bits per heavy atom.